The summed E-state index contributed by atoms with van der Waals surface area (Å²) in [6.45, 7) is 7.35. The Morgan fingerprint density at radius 2 is 1.61 bits per heavy atom. The van der Waals surface area contributed by atoms with E-state index in [1.54, 1.807) is 18.3 Å². The van der Waals surface area contributed by atoms with Crippen molar-refractivity contribution in [1.29, 1.82) is 0 Å². The number of pyridine rings is 1. The molecule has 3 aromatic rings. The van der Waals surface area contributed by atoms with Crippen LogP contribution in [0.5, 0.6) is 5.75 Å². The minimum Gasteiger partial charge on any atom is -0.406 e. The van der Waals surface area contributed by atoms with Crippen LogP contribution in [0.4, 0.5) is 29.5 Å². The summed E-state index contributed by atoms with van der Waals surface area (Å²) in [5.74, 6) is 0.850. The summed E-state index contributed by atoms with van der Waals surface area (Å²) in [7, 11) is 0. The van der Waals surface area contributed by atoms with Gasteiger partial charge in [-0.3, -0.25) is 14.5 Å². The first kappa shape index (κ1) is 43.6. The highest BCUT2D eigenvalue weighted by Crippen LogP contribution is 2.52. The van der Waals surface area contributed by atoms with Crippen molar-refractivity contribution in [2.75, 3.05) is 94.9 Å². The maximum absolute atomic E-state index is 13.5. The van der Waals surface area contributed by atoms with E-state index in [0.717, 1.165) is 80.8 Å². The predicted molar refractivity (Wildman–Crippen MR) is 224 cm³/mol. The van der Waals surface area contributed by atoms with Gasteiger partial charge in [-0.1, -0.05) is 18.6 Å². The van der Waals surface area contributed by atoms with E-state index in [0.29, 0.717) is 74.5 Å². The summed E-state index contributed by atoms with van der Waals surface area (Å²) >= 11 is 1.89. The third kappa shape index (κ3) is 10.8. The summed E-state index contributed by atoms with van der Waals surface area (Å²) in [5, 5.41) is 20.5. The number of thioether (sulfide) groups is 1. The third-order valence-corrected chi connectivity index (χ3v) is 13.0. The van der Waals surface area contributed by atoms with Crippen molar-refractivity contribution in [3.63, 3.8) is 0 Å². The first-order chi connectivity index (χ1) is 30.0. The van der Waals surface area contributed by atoms with Gasteiger partial charge >= 0.3 is 12.4 Å². The van der Waals surface area contributed by atoms with Crippen LogP contribution in [0.15, 0.2) is 65.0 Å². The lowest BCUT2D eigenvalue weighted by atomic mass is 9.89. The van der Waals surface area contributed by atoms with Gasteiger partial charge in [0.25, 0.3) is 5.91 Å². The Hall–Kier alpha value is -5.02. The number of carbonyl (C=O) groups excluding carboxylic acids is 3. The van der Waals surface area contributed by atoms with Crippen molar-refractivity contribution in [1.82, 2.24) is 25.8 Å². The molecule has 16 nitrogen and oxygen atoms in total. The number of carbonyl (C=O) groups is 3. The number of nitrogens with zero attached hydrogens (tertiary/aromatic N) is 5. The lowest BCUT2D eigenvalue weighted by Gasteiger charge is -2.35. The van der Waals surface area contributed by atoms with E-state index in [2.05, 4.69) is 51.0 Å². The molecule has 6 heterocycles. The van der Waals surface area contributed by atoms with Crippen LogP contribution in [-0.4, -0.2) is 136 Å². The maximum atomic E-state index is 13.5. The zero-order chi connectivity index (χ0) is 43.1. The van der Waals surface area contributed by atoms with Crippen LogP contribution >= 0.6 is 11.8 Å². The van der Waals surface area contributed by atoms with Crippen LogP contribution in [-0.2, 0) is 24.7 Å². The summed E-state index contributed by atoms with van der Waals surface area (Å²) < 4.78 is 59.8. The number of aromatic nitrogens is 1. The van der Waals surface area contributed by atoms with Crippen LogP contribution in [0.1, 0.15) is 47.2 Å². The van der Waals surface area contributed by atoms with Crippen molar-refractivity contribution in [3.05, 3.63) is 71.4 Å². The molecule has 62 heavy (non-hydrogen) atoms. The van der Waals surface area contributed by atoms with Gasteiger partial charge in [0.15, 0.2) is 0 Å². The molecule has 4 amide bonds. The fourth-order valence-electron chi connectivity index (χ4n) is 8.28. The van der Waals surface area contributed by atoms with Crippen LogP contribution in [0.2, 0.25) is 0 Å². The number of urea groups is 1. The third-order valence-electron chi connectivity index (χ3n) is 11.5. The monoisotopic (exact) mass is 881 g/mol. The SMILES string of the molecule is O=C(CCCC[C@@H]1SC[C@@H]2NC(=O)N[C@@H]21)NCCOCCOCCOCCN1CCN(c2cc(-c3ccc4c(c3)C(=O)Nc3cc(OC(F)(F)F)ccc3C43N=N3)ccn2)CC1. The predicted octanol–water partition coefficient (Wildman–Crippen LogP) is 4.89. The van der Waals surface area contributed by atoms with Gasteiger partial charge in [-0.05, 0) is 54.3 Å². The topological polar surface area (TPSA) is 180 Å². The molecule has 3 fully saturated rings. The summed E-state index contributed by atoms with van der Waals surface area (Å²) in [6.07, 6.45) is 0.126. The summed E-state index contributed by atoms with van der Waals surface area (Å²) in [6, 6.07) is 13.4. The largest absolute Gasteiger partial charge is 0.573 e. The van der Waals surface area contributed by atoms with E-state index in [-0.39, 0.29) is 29.7 Å². The van der Waals surface area contributed by atoms with Gasteiger partial charge in [0.05, 0.1) is 57.4 Å². The van der Waals surface area contributed by atoms with Crippen LogP contribution < -0.4 is 30.9 Å². The van der Waals surface area contributed by atoms with Gasteiger partial charge in [0.2, 0.25) is 11.6 Å². The minimum absolute atomic E-state index is 0.0275. The number of halogens is 3. The number of anilines is 2. The first-order valence-corrected chi connectivity index (χ1v) is 22.0. The number of nitrogens with one attached hydrogen (secondary N) is 4. The van der Waals surface area contributed by atoms with E-state index < -0.39 is 23.7 Å². The van der Waals surface area contributed by atoms with E-state index in [1.165, 1.54) is 12.1 Å². The zero-order valence-electron chi connectivity index (χ0n) is 34.1. The molecular formula is C42H50F3N9O7S. The number of unbranched alkanes of at least 4 members (excludes halogenated alkanes) is 1. The highest BCUT2D eigenvalue weighted by molar-refractivity contribution is 8.00. The van der Waals surface area contributed by atoms with Crippen LogP contribution in [0.3, 0.4) is 0 Å². The Morgan fingerprint density at radius 1 is 0.871 bits per heavy atom. The van der Waals surface area contributed by atoms with Crippen molar-refractivity contribution < 1.29 is 46.5 Å². The Kier molecular flexibility index (Phi) is 13.8. The second-order valence-corrected chi connectivity index (χ2v) is 16.9. The van der Waals surface area contributed by atoms with Crippen molar-refractivity contribution in [2.45, 2.75) is 55.0 Å². The lowest BCUT2D eigenvalue weighted by molar-refractivity contribution is -0.274. The van der Waals surface area contributed by atoms with Crippen LogP contribution in [0.25, 0.3) is 11.1 Å². The number of ether oxygens (including phenoxy) is 4. The Morgan fingerprint density at radius 3 is 2.39 bits per heavy atom. The molecule has 0 radical (unpaired) electrons. The summed E-state index contributed by atoms with van der Waals surface area (Å²) in [5.41, 5.74) is 1.92. The Bertz CT molecular complexity index is 2120. The quantitative estimate of drug-likeness (QED) is 0.0897. The van der Waals surface area contributed by atoms with E-state index in [9.17, 15) is 27.6 Å². The number of amides is 4. The highest BCUT2D eigenvalue weighted by Gasteiger charge is 2.50. The van der Waals surface area contributed by atoms with Crippen molar-refractivity contribution in [2.24, 2.45) is 10.2 Å². The van der Waals surface area contributed by atoms with Gasteiger partial charge < -0.3 is 45.1 Å². The molecule has 1 aromatic heterocycles. The molecule has 0 bridgehead atoms. The van der Waals surface area contributed by atoms with Gasteiger partial charge in [0, 0.05) is 85.6 Å². The highest BCUT2D eigenvalue weighted by atomic mass is 32.2. The average molecular weight is 882 g/mol. The first-order valence-electron chi connectivity index (χ1n) is 21.0. The number of alkyl halides is 3. The molecule has 8 rings (SSSR count). The number of hydrogen-bond acceptors (Lipinski definition) is 13. The lowest BCUT2D eigenvalue weighted by Crippen LogP contribution is -2.47. The molecule has 0 unspecified atom stereocenters. The molecule has 3 saturated heterocycles. The average Bonchev–Trinajstić information content (AvgIpc) is 3.87. The van der Waals surface area contributed by atoms with Crippen molar-refractivity contribution in [3.8, 4) is 16.9 Å². The second kappa shape index (κ2) is 19.6. The fourth-order valence-corrected chi connectivity index (χ4v) is 9.82. The zero-order valence-corrected chi connectivity index (χ0v) is 34.9. The second-order valence-electron chi connectivity index (χ2n) is 15.6. The number of hydrogen-bond donors (Lipinski definition) is 4. The van der Waals surface area contributed by atoms with Gasteiger partial charge in [0.1, 0.15) is 11.6 Å². The van der Waals surface area contributed by atoms with E-state index in [4.69, 9.17) is 14.2 Å². The van der Waals surface area contributed by atoms with Gasteiger partial charge in [-0.15, -0.1) is 23.4 Å². The smallest absolute Gasteiger partial charge is 0.406 e. The molecule has 20 heteroatoms. The number of piperazine rings is 1. The molecule has 5 aliphatic heterocycles. The minimum atomic E-state index is -4.88. The van der Waals surface area contributed by atoms with Gasteiger partial charge in [-0.25, -0.2) is 9.78 Å². The molecule has 3 atom stereocenters. The molecule has 1 spiro atoms. The molecule has 5 aliphatic rings. The normalized spacial score (nSPS) is 21.1. The molecule has 0 aliphatic carbocycles. The molecule has 4 N–H and O–H groups in total. The molecule has 2 aromatic carbocycles. The number of fused-ring (bicyclic) bond motifs is 5. The van der Waals surface area contributed by atoms with E-state index >= 15 is 0 Å². The van der Waals surface area contributed by atoms with Crippen LogP contribution in [0, 0.1) is 0 Å². The number of benzene rings is 2. The van der Waals surface area contributed by atoms with Gasteiger partial charge in [-0.2, -0.15) is 11.8 Å². The maximum Gasteiger partial charge on any atom is 0.573 e. The Labute approximate surface area is 361 Å². The fraction of sp³-hybridized carbons (Fsp3) is 0.524. The van der Waals surface area contributed by atoms with Crippen molar-refractivity contribution >= 4 is 41.1 Å². The summed E-state index contributed by atoms with van der Waals surface area (Å²) in [4.78, 5) is 46.3. The Balaban J connectivity index is 0.678. The molecule has 0 saturated carbocycles. The molecular weight excluding hydrogens is 832 g/mol. The van der Waals surface area contributed by atoms with E-state index in [1.807, 2.05) is 30.0 Å². The number of rotatable bonds is 20. The molecule has 332 valence electrons. The standard InChI is InChI=1S/C42H50F3N9O7S/c43-42(44,45)61-29-6-8-32-33(25-29)48-39(56)30-23-27(5-7-31(30)41(32)51-52-41)28-9-10-46-36(24-28)54-14-12-53(13-15-54)16-18-59-20-22-60-21-19-58-17-11-47-37(55)4-2-1-3-35-38-34(26-62-35)49-40(57)50-38/h5-10,23-25,34-35,38H,1-4,11-22,26H2,(H,47,55)(H,48,56)(H2,49,50,57)/t34-,35-,38-/m0/s1.